The van der Waals surface area contributed by atoms with Crippen molar-refractivity contribution in [3.8, 4) is 0 Å². The first-order valence-electron chi connectivity index (χ1n) is 8.80. The Bertz CT molecular complexity index is 504. The number of tetrazole rings is 1. The average molecular weight is 323 g/mol. The van der Waals surface area contributed by atoms with E-state index in [-0.39, 0.29) is 17.9 Å². The topological polar surface area (TPSA) is 91.1 Å². The summed E-state index contributed by atoms with van der Waals surface area (Å²) < 4.78 is 1.97. The zero-order valence-electron chi connectivity index (χ0n) is 14.8. The second-order valence-corrected chi connectivity index (χ2v) is 7.50. The Hall–Kier alpha value is -1.50. The minimum Gasteiger partial charge on any atom is -0.369 e. The van der Waals surface area contributed by atoms with E-state index in [4.69, 9.17) is 5.73 Å². The van der Waals surface area contributed by atoms with Gasteiger partial charge in [-0.3, -0.25) is 4.79 Å². The second kappa shape index (κ2) is 7.86. The molecule has 1 aromatic rings. The maximum atomic E-state index is 11.4. The molecule has 0 aromatic carbocycles. The highest BCUT2D eigenvalue weighted by Gasteiger charge is 2.36. The lowest BCUT2D eigenvalue weighted by Crippen LogP contribution is -3.14. The van der Waals surface area contributed by atoms with Gasteiger partial charge in [0.25, 0.3) is 0 Å². The lowest BCUT2D eigenvalue weighted by molar-refractivity contribution is -0.941. The quantitative estimate of drug-likeness (QED) is 0.750. The molecule has 0 aliphatic carbocycles. The molecule has 3 N–H and O–H groups in total. The van der Waals surface area contributed by atoms with Gasteiger partial charge >= 0.3 is 0 Å². The molecule has 1 aliphatic rings. The molecule has 1 fully saturated rings. The van der Waals surface area contributed by atoms with Gasteiger partial charge in [-0.2, -0.15) is 0 Å². The van der Waals surface area contributed by atoms with Gasteiger partial charge in [-0.05, 0) is 22.8 Å². The fraction of sp³-hybridized carbons (Fsp3) is 0.875. The number of nitrogens with one attached hydrogen (secondary N) is 1. The van der Waals surface area contributed by atoms with Gasteiger partial charge in [0, 0.05) is 31.2 Å². The van der Waals surface area contributed by atoms with Gasteiger partial charge in [0.15, 0.2) is 6.04 Å². The number of likely N-dealkylation sites (tertiary alicyclic amines) is 1. The zero-order valence-corrected chi connectivity index (χ0v) is 14.8. The van der Waals surface area contributed by atoms with Gasteiger partial charge in [-0.15, -0.1) is 5.10 Å². The number of hydrogen-bond donors (Lipinski definition) is 2. The number of piperidine rings is 1. The number of quaternary nitrogens is 1. The van der Waals surface area contributed by atoms with Crippen molar-refractivity contribution in [1.82, 2.24) is 20.2 Å². The number of rotatable bonds is 7. The van der Waals surface area contributed by atoms with Crippen LogP contribution in [0.25, 0.3) is 0 Å². The largest absolute Gasteiger partial charge is 0.369 e. The van der Waals surface area contributed by atoms with Crippen LogP contribution in [0.15, 0.2) is 0 Å². The van der Waals surface area contributed by atoms with Crippen molar-refractivity contribution in [2.75, 3.05) is 13.1 Å². The zero-order chi connectivity index (χ0) is 17.0. The summed E-state index contributed by atoms with van der Waals surface area (Å²) in [5.41, 5.74) is 5.45. The number of hydrogen-bond acceptors (Lipinski definition) is 4. The molecule has 0 saturated carbocycles. The predicted octanol–water partition coefficient (Wildman–Crippen LogP) is 0.197. The van der Waals surface area contributed by atoms with Gasteiger partial charge in [-0.25, -0.2) is 4.68 Å². The van der Waals surface area contributed by atoms with E-state index in [1.54, 1.807) is 0 Å². The lowest BCUT2D eigenvalue weighted by Gasteiger charge is -2.35. The minimum atomic E-state index is -0.160. The molecular weight excluding hydrogens is 292 g/mol. The molecule has 7 nitrogen and oxygen atoms in total. The fourth-order valence-corrected chi connectivity index (χ4v) is 3.51. The molecule has 1 aromatic heterocycles. The number of nitrogens with two attached hydrogens (primary N) is 1. The highest BCUT2D eigenvalue weighted by atomic mass is 16.1. The summed E-state index contributed by atoms with van der Waals surface area (Å²) in [6.45, 7) is 11.6. The summed E-state index contributed by atoms with van der Waals surface area (Å²) in [6, 6.07) is 0.269. The van der Waals surface area contributed by atoms with Crippen molar-refractivity contribution in [1.29, 1.82) is 0 Å². The molecule has 7 heteroatoms. The monoisotopic (exact) mass is 323 g/mol. The highest BCUT2D eigenvalue weighted by Crippen LogP contribution is 2.19. The van der Waals surface area contributed by atoms with Crippen molar-refractivity contribution in [3.63, 3.8) is 0 Å². The minimum absolute atomic E-state index is 0.0310. The molecular formula is C16H31N6O+. The maximum Gasteiger partial charge on any atom is 0.220 e. The summed E-state index contributed by atoms with van der Waals surface area (Å²) in [4.78, 5) is 12.8. The normalized spacial score (nSPS) is 23.4. The lowest BCUT2D eigenvalue weighted by atomic mass is 9.92. The van der Waals surface area contributed by atoms with Crippen molar-refractivity contribution in [2.45, 2.75) is 59.5 Å². The van der Waals surface area contributed by atoms with Gasteiger partial charge in [0.2, 0.25) is 11.7 Å². The molecule has 2 rings (SSSR count). The van der Waals surface area contributed by atoms with E-state index >= 15 is 0 Å². The molecule has 0 bridgehead atoms. The van der Waals surface area contributed by atoms with Crippen LogP contribution in [0.1, 0.15) is 58.8 Å². The Morgan fingerprint density at radius 1 is 1.30 bits per heavy atom. The molecule has 23 heavy (non-hydrogen) atoms. The van der Waals surface area contributed by atoms with Gasteiger partial charge in [0.1, 0.15) is 0 Å². The smallest absolute Gasteiger partial charge is 0.220 e. The molecule has 0 radical (unpaired) electrons. The number of carbonyl (C=O) groups is 1. The van der Waals surface area contributed by atoms with Crippen molar-refractivity contribution < 1.29 is 9.69 Å². The Kier molecular flexibility index (Phi) is 6.10. The third-order valence-electron chi connectivity index (χ3n) is 4.89. The Balaban J connectivity index is 2.11. The summed E-state index contributed by atoms with van der Waals surface area (Å²) >= 11 is 0. The Morgan fingerprint density at radius 3 is 2.48 bits per heavy atom. The van der Waals surface area contributed by atoms with E-state index in [1.165, 1.54) is 4.90 Å². The first kappa shape index (κ1) is 17.8. The van der Waals surface area contributed by atoms with Crippen LogP contribution in [-0.2, 0) is 11.3 Å². The SMILES string of the molecule is CC(C)CCn1nnnc1[C@@H](C(C)C)[NH+]1CCC(C(N)=O)CC1. The van der Waals surface area contributed by atoms with E-state index in [1.807, 2.05) is 4.68 Å². The first-order valence-corrected chi connectivity index (χ1v) is 8.80. The molecule has 1 aliphatic heterocycles. The standard InChI is InChI=1S/C16H30N6O/c1-11(2)5-10-22-16(18-19-20-22)14(12(3)4)21-8-6-13(7-9-21)15(17)23/h11-14H,5-10H2,1-4H3,(H2,17,23)/p+1/t14-/m1/s1. The number of primary amides is 1. The molecule has 1 saturated heterocycles. The third kappa shape index (κ3) is 4.50. The number of aromatic nitrogens is 4. The van der Waals surface area contributed by atoms with E-state index in [0.717, 1.165) is 44.7 Å². The summed E-state index contributed by atoms with van der Waals surface area (Å²) in [6.07, 6.45) is 2.80. The molecule has 1 amide bonds. The summed E-state index contributed by atoms with van der Waals surface area (Å²) in [5, 5.41) is 12.4. The summed E-state index contributed by atoms with van der Waals surface area (Å²) in [5.74, 6) is 1.92. The Labute approximate surface area is 138 Å². The molecule has 0 unspecified atom stereocenters. The van der Waals surface area contributed by atoms with Crippen LogP contribution in [0.2, 0.25) is 0 Å². The number of carbonyl (C=O) groups excluding carboxylic acids is 1. The van der Waals surface area contributed by atoms with Gasteiger partial charge in [0.05, 0.1) is 13.1 Å². The van der Waals surface area contributed by atoms with Crippen LogP contribution < -0.4 is 10.6 Å². The van der Waals surface area contributed by atoms with Crippen LogP contribution in [0.3, 0.4) is 0 Å². The van der Waals surface area contributed by atoms with Crippen LogP contribution in [0.4, 0.5) is 0 Å². The number of nitrogens with zero attached hydrogens (tertiary/aromatic N) is 4. The number of amides is 1. The highest BCUT2D eigenvalue weighted by molar-refractivity contribution is 5.76. The van der Waals surface area contributed by atoms with Crippen molar-refractivity contribution >= 4 is 5.91 Å². The number of aryl methyl sites for hydroxylation is 1. The van der Waals surface area contributed by atoms with Crippen molar-refractivity contribution in [3.05, 3.63) is 5.82 Å². The molecule has 0 spiro atoms. The fourth-order valence-electron chi connectivity index (χ4n) is 3.51. The van der Waals surface area contributed by atoms with Crippen LogP contribution in [0.5, 0.6) is 0 Å². The van der Waals surface area contributed by atoms with Crippen molar-refractivity contribution in [2.24, 2.45) is 23.5 Å². The van der Waals surface area contributed by atoms with E-state index in [2.05, 4.69) is 43.2 Å². The van der Waals surface area contributed by atoms with Crippen LogP contribution in [0, 0.1) is 17.8 Å². The van der Waals surface area contributed by atoms with Gasteiger partial charge < -0.3 is 10.6 Å². The molecule has 1 atom stereocenters. The molecule has 130 valence electrons. The predicted molar refractivity (Wildman–Crippen MR) is 87.5 cm³/mol. The average Bonchev–Trinajstić information content (AvgIpc) is 2.93. The van der Waals surface area contributed by atoms with Crippen LogP contribution in [-0.4, -0.2) is 39.2 Å². The van der Waals surface area contributed by atoms with Gasteiger partial charge in [-0.1, -0.05) is 27.7 Å². The van der Waals surface area contributed by atoms with Crippen LogP contribution >= 0.6 is 0 Å². The molecule has 2 heterocycles. The maximum absolute atomic E-state index is 11.4. The third-order valence-corrected chi connectivity index (χ3v) is 4.89. The first-order chi connectivity index (χ1) is 10.9. The van der Waals surface area contributed by atoms with E-state index < -0.39 is 0 Å². The van der Waals surface area contributed by atoms with E-state index in [9.17, 15) is 4.79 Å². The summed E-state index contributed by atoms with van der Waals surface area (Å²) in [7, 11) is 0. The van der Waals surface area contributed by atoms with E-state index in [0.29, 0.717) is 11.8 Å². The second-order valence-electron chi connectivity index (χ2n) is 7.50. The Morgan fingerprint density at radius 2 is 1.96 bits per heavy atom.